The molecule has 34 heavy (non-hydrogen) atoms. The highest BCUT2D eigenvalue weighted by atomic mass is 16.5. The third-order valence-electron chi connectivity index (χ3n) is 6.69. The molecule has 1 atom stereocenters. The molecule has 2 aromatic carbocycles. The van der Waals surface area contributed by atoms with E-state index in [4.69, 9.17) is 4.74 Å². The Bertz CT molecular complexity index is 1030. The van der Waals surface area contributed by atoms with Gasteiger partial charge in [0.15, 0.2) is 0 Å². The number of aliphatic carboxylic acids is 1. The van der Waals surface area contributed by atoms with E-state index in [2.05, 4.69) is 10.6 Å². The highest BCUT2D eigenvalue weighted by Gasteiger charge is 2.36. The standard InChI is InChI=1S/C26H32N2O6/c1-25(2,26(3,4)33)15-27-23(31)21(13-22(29)30)28-24(32)34-14-20-18-11-7-5-9-16(18)17-10-6-8-12-19(17)20/h5-12,20-21,33H,13-15H2,1-4H3,(H,27,31)(H,28,32)(H,29,30). The number of ether oxygens (including phenoxy) is 1. The summed E-state index contributed by atoms with van der Waals surface area (Å²) in [6, 6.07) is 14.5. The van der Waals surface area contributed by atoms with E-state index >= 15 is 0 Å². The largest absolute Gasteiger partial charge is 0.481 e. The third kappa shape index (κ3) is 5.56. The highest BCUT2D eigenvalue weighted by Crippen LogP contribution is 2.44. The van der Waals surface area contributed by atoms with Crippen LogP contribution >= 0.6 is 0 Å². The molecule has 0 aromatic heterocycles. The lowest BCUT2D eigenvalue weighted by molar-refractivity contribution is -0.140. The van der Waals surface area contributed by atoms with Gasteiger partial charge in [-0.3, -0.25) is 9.59 Å². The van der Waals surface area contributed by atoms with Crippen molar-refractivity contribution < 1.29 is 29.3 Å². The SMILES string of the molecule is CC(C)(O)C(C)(C)CNC(=O)C(CC(=O)O)NC(=O)OCC1c2ccccc2-c2ccccc21. The zero-order valence-electron chi connectivity index (χ0n) is 19.9. The molecule has 4 N–H and O–H groups in total. The van der Waals surface area contributed by atoms with Crippen molar-refractivity contribution in [1.82, 2.24) is 10.6 Å². The van der Waals surface area contributed by atoms with Crippen LogP contribution in [0, 0.1) is 5.41 Å². The highest BCUT2D eigenvalue weighted by molar-refractivity contribution is 5.89. The molecule has 8 heteroatoms. The summed E-state index contributed by atoms with van der Waals surface area (Å²) in [6.45, 7) is 6.95. The van der Waals surface area contributed by atoms with Crippen molar-refractivity contribution in [2.75, 3.05) is 13.2 Å². The summed E-state index contributed by atoms with van der Waals surface area (Å²) >= 11 is 0. The Balaban J connectivity index is 1.64. The number of fused-ring (bicyclic) bond motifs is 3. The van der Waals surface area contributed by atoms with Crippen molar-refractivity contribution in [3.05, 3.63) is 59.7 Å². The normalized spacial score (nSPS) is 14.0. The number of carboxylic acid groups (broad SMARTS) is 1. The number of carboxylic acids is 1. The van der Waals surface area contributed by atoms with Crippen molar-refractivity contribution >= 4 is 18.0 Å². The number of alkyl carbamates (subject to hydrolysis) is 1. The molecule has 0 bridgehead atoms. The van der Waals surface area contributed by atoms with Crippen molar-refractivity contribution in [3.63, 3.8) is 0 Å². The molecule has 3 rings (SSSR count). The van der Waals surface area contributed by atoms with E-state index in [0.29, 0.717) is 0 Å². The van der Waals surface area contributed by atoms with E-state index in [-0.39, 0.29) is 19.1 Å². The molecule has 2 amide bonds. The minimum Gasteiger partial charge on any atom is -0.481 e. The molecule has 0 saturated heterocycles. The smallest absolute Gasteiger partial charge is 0.407 e. The lowest BCUT2D eigenvalue weighted by Crippen LogP contribution is -2.53. The Hall–Kier alpha value is -3.39. The summed E-state index contributed by atoms with van der Waals surface area (Å²) in [5.74, 6) is -2.05. The number of carbonyl (C=O) groups is 3. The number of amides is 2. The maximum atomic E-state index is 12.6. The molecule has 8 nitrogen and oxygen atoms in total. The lowest BCUT2D eigenvalue weighted by atomic mass is 9.77. The van der Waals surface area contributed by atoms with Crippen LogP contribution in [-0.2, 0) is 14.3 Å². The number of nitrogens with one attached hydrogen (secondary N) is 2. The van der Waals surface area contributed by atoms with E-state index in [1.165, 1.54) is 0 Å². The van der Waals surface area contributed by atoms with Crippen LogP contribution < -0.4 is 10.6 Å². The van der Waals surface area contributed by atoms with E-state index in [9.17, 15) is 24.6 Å². The molecule has 2 aromatic rings. The van der Waals surface area contributed by atoms with Crippen LogP contribution in [0.2, 0.25) is 0 Å². The second kappa shape index (κ2) is 9.85. The molecular weight excluding hydrogens is 436 g/mol. The van der Waals surface area contributed by atoms with Crippen molar-refractivity contribution in [1.29, 1.82) is 0 Å². The zero-order chi connectivity index (χ0) is 25.1. The number of aliphatic hydroxyl groups is 1. The van der Waals surface area contributed by atoms with E-state index < -0.39 is 41.4 Å². The Morgan fingerprint density at radius 1 is 0.971 bits per heavy atom. The Labute approximate surface area is 199 Å². The maximum absolute atomic E-state index is 12.6. The number of carbonyl (C=O) groups excluding carboxylic acids is 2. The van der Waals surface area contributed by atoms with Gasteiger partial charge in [-0.1, -0.05) is 62.4 Å². The fourth-order valence-corrected chi connectivity index (χ4v) is 3.81. The number of benzene rings is 2. The molecular formula is C26H32N2O6. The van der Waals surface area contributed by atoms with Gasteiger partial charge >= 0.3 is 12.1 Å². The van der Waals surface area contributed by atoms with Crippen molar-refractivity contribution in [3.8, 4) is 11.1 Å². The van der Waals surface area contributed by atoms with Gasteiger partial charge < -0.3 is 25.6 Å². The van der Waals surface area contributed by atoms with Gasteiger partial charge in [0.25, 0.3) is 0 Å². The van der Waals surface area contributed by atoms with Gasteiger partial charge in [0.1, 0.15) is 12.6 Å². The first-order valence-electron chi connectivity index (χ1n) is 11.2. The van der Waals surface area contributed by atoms with Gasteiger partial charge in [-0.2, -0.15) is 0 Å². The molecule has 0 saturated carbocycles. The number of rotatable bonds is 9. The van der Waals surface area contributed by atoms with Crippen molar-refractivity contribution in [2.45, 2.75) is 51.7 Å². The van der Waals surface area contributed by atoms with Gasteiger partial charge in [0.2, 0.25) is 5.91 Å². The Morgan fingerprint density at radius 2 is 1.50 bits per heavy atom. The van der Waals surface area contributed by atoms with Crippen LogP contribution in [0.3, 0.4) is 0 Å². The van der Waals surface area contributed by atoms with Gasteiger partial charge in [-0.25, -0.2) is 4.79 Å². The predicted octanol–water partition coefficient (Wildman–Crippen LogP) is 3.28. The quantitative estimate of drug-likeness (QED) is 0.448. The average Bonchev–Trinajstić information content (AvgIpc) is 3.08. The van der Waals surface area contributed by atoms with Crippen LogP contribution in [0.1, 0.15) is 51.2 Å². The number of hydrogen-bond acceptors (Lipinski definition) is 5. The molecule has 0 fully saturated rings. The average molecular weight is 469 g/mol. The molecule has 0 spiro atoms. The monoisotopic (exact) mass is 468 g/mol. The van der Waals surface area contributed by atoms with Gasteiger partial charge in [-0.05, 0) is 36.1 Å². The van der Waals surface area contributed by atoms with E-state index in [1.54, 1.807) is 27.7 Å². The van der Waals surface area contributed by atoms with Crippen LogP contribution in [-0.4, -0.2) is 53.0 Å². The second-order valence-corrected chi connectivity index (χ2v) is 9.78. The fraction of sp³-hybridized carbons (Fsp3) is 0.423. The fourth-order valence-electron chi connectivity index (χ4n) is 3.81. The third-order valence-corrected chi connectivity index (χ3v) is 6.69. The van der Waals surface area contributed by atoms with Crippen molar-refractivity contribution in [2.24, 2.45) is 5.41 Å². The van der Waals surface area contributed by atoms with E-state index in [0.717, 1.165) is 22.3 Å². The second-order valence-electron chi connectivity index (χ2n) is 9.78. The summed E-state index contributed by atoms with van der Waals surface area (Å²) in [5.41, 5.74) is 2.51. The summed E-state index contributed by atoms with van der Waals surface area (Å²) in [4.78, 5) is 36.5. The molecule has 0 heterocycles. The Morgan fingerprint density at radius 3 is 2.00 bits per heavy atom. The van der Waals surface area contributed by atoms with E-state index in [1.807, 2.05) is 48.5 Å². The first-order chi connectivity index (χ1) is 15.9. The summed E-state index contributed by atoms with van der Waals surface area (Å²) < 4.78 is 5.44. The molecule has 0 aliphatic heterocycles. The van der Waals surface area contributed by atoms with Gasteiger partial charge in [-0.15, -0.1) is 0 Å². The molecule has 1 unspecified atom stereocenters. The topological polar surface area (TPSA) is 125 Å². The first-order valence-corrected chi connectivity index (χ1v) is 11.2. The number of hydrogen-bond donors (Lipinski definition) is 4. The Kier molecular flexibility index (Phi) is 7.31. The summed E-state index contributed by atoms with van der Waals surface area (Å²) in [5, 5.41) is 24.5. The molecule has 1 aliphatic carbocycles. The van der Waals surface area contributed by atoms with Gasteiger partial charge in [0.05, 0.1) is 12.0 Å². The van der Waals surface area contributed by atoms with Crippen LogP contribution in [0.15, 0.2) is 48.5 Å². The summed E-state index contributed by atoms with van der Waals surface area (Å²) in [7, 11) is 0. The summed E-state index contributed by atoms with van der Waals surface area (Å²) in [6.07, 6.45) is -1.47. The first kappa shape index (κ1) is 25.2. The van der Waals surface area contributed by atoms with Crippen LogP contribution in [0.25, 0.3) is 11.1 Å². The zero-order valence-corrected chi connectivity index (χ0v) is 19.9. The minimum absolute atomic E-state index is 0.0486. The molecule has 182 valence electrons. The lowest BCUT2D eigenvalue weighted by Gasteiger charge is -2.37. The van der Waals surface area contributed by atoms with Crippen LogP contribution in [0.5, 0.6) is 0 Å². The maximum Gasteiger partial charge on any atom is 0.407 e. The molecule has 0 radical (unpaired) electrons. The molecule has 1 aliphatic rings. The predicted molar refractivity (Wildman–Crippen MR) is 127 cm³/mol. The minimum atomic E-state index is -1.31. The van der Waals surface area contributed by atoms with Crippen LogP contribution in [0.4, 0.5) is 4.79 Å². The van der Waals surface area contributed by atoms with Gasteiger partial charge in [0, 0.05) is 17.9 Å².